The molecule has 0 aliphatic rings. The number of sulfonamides is 1. The molecule has 0 saturated carbocycles. The van der Waals surface area contributed by atoms with E-state index in [-0.39, 0.29) is 22.0 Å². The molecule has 0 spiro atoms. The van der Waals surface area contributed by atoms with Crippen LogP contribution in [-0.4, -0.2) is 15.5 Å². The van der Waals surface area contributed by atoms with Crippen molar-refractivity contribution in [3.05, 3.63) is 48.0 Å². The number of hydrogen-bond donors (Lipinski definition) is 3. The molecular weight excluding hydrogens is 300 g/mol. The van der Waals surface area contributed by atoms with E-state index in [2.05, 4.69) is 10.0 Å². The van der Waals surface area contributed by atoms with Crippen molar-refractivity contribution in [1.82, 2.24) is 4.72 Å². The predicted molar refractivity (Wildman–Crippen MR) is 76.7 cm³/mol. The van der Waals surface area contributed by atoms with E-state index in [1.165, 1.54) is 25.2 Å². The quantitative estimate of drug-likeness (QED) is 0.756. The van der Waals surface area contributed by atoms with Crippen LogP contribution >= 0.6 is 0 Å². The highest BCUT2D eigenvalue weighted by molar-refractivity contribution is 7.89. The summed E-state index contributed by atoms with van der Waals surface area (Å²) in [6, 6.07) is 6.97. The molecule has 0 fully saturated rings. The van der Waals surface area contributed by atoms with Crippen molar-refractivity contribution in [3.63, 3.8) is 0 Å². The first-order valence-electron chi connectivity index (χ1n) is 5.88. The van der Waals surface area contributed by atoms with E-state index in [0.29, 0.717) is 0 Å². The molecule has 2 rings (SSSR count). The predicted octanol–water partition coefficient (Wildman–Crippen LogP) is 2.20. The highest BCUT2D eigenvalue weighted by Gasteiger charge is 2.17. The standard InChI is InChI=1S/C13H13F2N3O2S/c1-17-21(19,20)13-7-10(16)2-3-12(13)18-11-5-8(14)4-9(15)6-11/h2-7,17-18H,16H2,1H3. The summed E-state index contributed by atoms with van der Waals surface area (Å²) < 4.78 is 52.4. The van der Waals surface area contributed by atoms with Crippen molar-refractivity contribution in [2.24, 2.45) is 0 Å². The van der Waals surface area contributed by atoms with Crippen molar-refractivity contribution < 1.29 is 17.2 Å². The van der Waals surface area contributed by atoms with E-state index in [9.17, 15) is 17.2 Å². The second-order valence-electron chi connectivity index (χ2n) is 4.25. The van der Waals surface area contributed by atoms with E-state index in [1.807, 2.05) is 0 Å². The largest absolute Gasteiger partial charge is 0.399 e. The van der Waals surface area contributed by atoms with E-state index in [4.69, 9.17) is 5.73 Å². The van der Waals surface area contributed by atoms with Gasteiger partial charge in [0.15, 0.2) is 0 Å². The van der Waals surface area contributed by atoms with Crippen molar-refractivity contribution in [2.45, 2.75) is 4.90 Å². The lowest BCUT2D eigenvalue weighted by molar-refractivity contribution is 0.584. The molecule has 112 valence electrons. The van der Waals surface area contributed by atoms with Crippen LogP contribution in [0.5, 0.6) is 0 Å². The van der Waals surface area contributed by atoms with Gasteiger partial charge in [0.2, 0.25) is 10.0 Å². The molecule has 0 radical (unpaired) electrons. The zero-order chi connectivity index (χ0) is 15.6. The molecule has 2 aromatic carbocycles. The molecule has 21 heavy (non-hydrogen) atoms. The Morgan fingerprint density at radius 1 is 1.05 bits per heavy atom. The van der Waals surface area contributed by atoms with Crippen LogP contribution in [0, 0.1) is 11.6 Å². The number of halogens is 2. The molecule has 8 heteroatoms. The number of anilines is 3. The maximum Gasteiger partial charge on any atom is 0.242 e. The minimum absolute atomic E-state index is 0.0878. The summed E-state index contributed by atoms with van der Waals surface area (Å²) in [7, 11) is -2.52. The fourth-order valence-electron chi connectivity index (χ4n) is 1.76. The molecule has 0 atom stereocenters. The first-order valence-corrected chi connectivity index (χ1v) is 7.36. The molecule has 0 amide bonds. The van der Waals surface area contributed by atoms with E-state index < -0.39 is 21.7 Å². The molecule has 0 aliphatic heterocycles. The third kappa shape index (κ3) is 3.47. The average Bonchev–Trinajstić information content (AvgIpc) is 2.39. The average molecular weight is 313 g/mol. The zero-order valence-corrected chi connectivity index (χ0v) is 11.8. The Morgan fingerprint density at radius 3 is 2.24 bits per heavy atom. The van der Waals surface area contributed by atoms with Crippen molar-refractivity contribution in [1.29, 1.82) is 0 Å². The van der Waals surface area contributed by atoms with Gasteiger partial charge in [-0.1, -0.05) is 0 Å². The molecule has 0 bridgehead atoms. The summed E-state index contributed by atoms with van der Waals surface area (Å²) >= 11 is 0. The van der Waals surface area contributed by atoms with Gasteiger partial charge in [-0.05, 0) is 37.4 Å². The number of hydrogen-bond acceptors (Lipinski definition) is 4. The summed E-state index contributed by atoms with van der Waals surface area (Å²) in [6.45, 7) is 0. The monoisotopic (exact) mass is 313 g/mol. The number of nitrogen functional groups attached to an aromatic ring is 1. The van der Waals surface area contributed by atoms with Gasteiger partial charge < -0.3 is 11.1 Å². The van der Waals surface area contributed by atoms with Gasteiger partial charge in [-0.3, -0.25) is 0 Å². The first kappa shape index (κ1) is 15.2. The van der Waals surface area contributed by atoms with Crippen LogP contribution in [0.4, 0.5) is 25.8 Å². The van der Waals surface area contributed by atoms with Gasteiger partial charge in [0.05, 0.1) is 5.69 Å². The summed E-state index contributed by atoms with van der Waals surface area (Å²) in [5.41, 5.74) is 6.07. The maximum atomic E-state index is 13.2. The SMILES string of the molecule is CNS(=O)(=O)c1cc(N)ccc1Nc1cc(F)cc(F)c1. The van der Waals surface area contributed by atoms with E-state index >= 15 is 0 Å². The summed E-state index contributed by atoms with van der Waals surface area (Å²) in [4.78, 5) is -0.116. The Morgan fingerprint density at radius 2 is 1.67 bits per heavy atom. The van der Waals surface area contributed by atoms with E-state index in [1.54, 1.807) is 0 Å². The zero-order valence-electron chi connectivity index (χ0n) is 11.0. The Hall–Kier alpha value is -2.19. The highest BCUT2D eigenvalue weighted by Crippen LogP contribution is 2.27. The van der Waals surface area contributed by atoms with Crippen LogP contribution in [0.15, 0.2) is 41.3 Å². The fourth-order valence-corrected chi connectivity index (χ4v) is 2.68. The molecule has 2 aromatic rings. The Balaban J connectivity index is 2.49. The van der Waals surface area contributed by atoms with Crippen LogP contribution in [0.25, 0.3) is 0 Å². The lowest BCUT2D eigenvalue weighted by Crippen LogP contribution is -2.20. The van der Waals surface area contributed by atoms with Crippen molar-refractivity contribution in [3.8, 4) is 0 Å². The molecule has 5 nitrogen and oxygen atoms in total. The Bertz CT molecular complexity index is 759. The second kappa shape index (κ2) is 5.66. The molecule has 0 saturated heterocycles. The van der Waals surface area contributed by atoms with Gasteiger partial charge in [0.1, 0.15) is 16.5 Å². The van der Waals surface area contributed by atoms with Gasteiger partial charge in [0.25, 0.3) is 0 Å². The van der Waals surface area contributed by atoms with Gasteiger partial charge in [-0.25, -0.2) is 21.9 Å². The third-order valence-corrected chi connectivity index (χ3v) is 4.16. The minimum atomic E-state index is -3.77. The van der Waals surface area contributed by atoms with Gasteiger partial charge in [-0.2, -0.15) is 0 Å². The summed E-state index contributed by atoms with van der Waals surface area (Å²) in [6.07, 6.45) is 0. The number of rotatable bonds is 4. The van der Waals surface area contributed by atoms with Gasteiger partial charge >= 0.3 is 0 Å². The molecule has 0 unspecified atom stereocenters. The highest BCUT2D eigenvalue weighted by atomic mass is 32.2. The number of nitrogens with two attached hydrogens (primary N) is 1. The second-order valence-corrected chi connectivity index (χ2v) is 6.10. The van der Waals surface area contributed by atoms with Crippen LogP contribution in [0.3, 0.4) is 0 Å². The van der Waals surface area contributed by atoms with Crippen LogP contribution in [0.1, 0.15) is 0 Å². The smallest absolute Gasteiger partial charge is 0.242 e. The van der Waals surface area contributed by atoms with Gasteiger partial charge in [-0.15, -0.1) is 0 Å². The summed E-state index contributed by atoms with van der Waals surface area (Å²) in [5, 5.41) is 2.67. The molecular formula is C13H13F2N3O2S. The minimum Gasteiger partial charge on any atom is -0.399 e. The van der Waals surface area contributed by atoms with Gasteiger partial charge in [0, 0.05) is 17.4 Å². The Kier molecular flexibility index (Phi) is 4.10. The van der Waals surface area contributed by atoms with Crippen molar-refractivity contribution >= 4 is 27.1 Å². The number of nitrogens with one attached hydrogen (secondary N) is 2. The van der Waals surface area contributed by atoms with Crippen LogP contribution < -0.4 is 15.8 Å². The van der Waals surface area contributed by atoms with E-state index in [0.717, 1.165) is 18.2 Å². The maximum absolute atomic E-state index is 13.2. The van der Waals surface area contributed by atoms with Crippen molar-refractivity contribution in [2.75, 3.05) is 18.1 Å². The first-order chi connectivity index (χ1) is 9.81. The lowest BCUT2D eigenvalue weighted by atomic mass is 10.2. The number of benzene rings is 2. The van der Waals surface area contributed by atoms with Crippen LogP contribution in [0.2, 0.25) is 0 Å². The van der Waals surface area contributed by atoms with Crippen LogP contribution in [-0.2, 0) is 10.0 Å². The molecule has 0 aliphatic carbocycles. The normalized spacial score (nSPS) is 11.4. The molecule has 0 heterocycles. The topological polar surface area (TPSA) is 84.2 Å². The summed E-state index contributed by atoms with van der Waals surface area (Å²) in [5.74, 6) is -1.54. The Labute approximate surface area is 120 Å². The molecule has 0 aromatic heterocycles. The molecule has 4 N–H and O–H groups in total. The third-order valence-electron chi connectivity index (χ3n) is 2.71. The lowest BCUT2D eigenvalue weighted by Gasteiger charge is -2.13. The fraction of sp³-hybridized carbons (Fsp3) is 0.0769.